The van der Waals surface area contributed by atoms with Crippen LogP contribution in [-0.2, 0) is 20.7 Å². The highest BCUT2D eigenvalue weighted by Gasteiger charge is 2.19. The molecule has 0 saturated carbocycles. The van der Waals surface area contributed by atoms with E-state index >= 15 is 0 Å². The molecule has 0 amide bonds. The third-order valence-electron chi connectivity index (χ3n) is 6.28. The van der Waals surface area contributed by atoms with Crippen molar-refractivity contribution in [3.05, 3.63) is 42.0 Å². The SMILES string of the molecule is CCCCCCCCCOS(=O)(=O)c1ccc(CCCCCCCCC)c2ccccc12. The first-order valence-electron chi connectivity index (χ1n) is 13.0. The topological polar surface area (TPSA) is 43.4 Å². The summed E-state index contributed by atoms with van der Waals surface area (Å²) in [5, 5.41) is 1.83. The predicted molar refractivity (Wildman–Crippen MR) is 137 cm³/mol. The van der Waals surface area contributed by atoms with Crippen molar-refractivity contribution in [2.45, 2.75) is 115 Å². The van der Waals surface area contributed by atoms with Crippen molar-refractivity contribution in [1.29, 1.82) is 0 Å². The molecule has 0 aliphatic heterocycles. The third kappa shape index (κ3) is 9.23. The van der Waals surface area contributed by atoms with Gasteiger partial charge in [0.2, 0.25) is 0 Å². The normalized spacial score (nSPS) is 11.9. The number of rotatable bonds is 18. The minimum absolute atomic E-state index is 0.268. The second kappa shape index (κ2) is 15.4. The Morgan fingerprint density at radius 1 is 0.625 bits per heavy atom. The lowest BCUT2D eigenvalue weighted by molar-refractivity contribution is 0.306. The average molecular weight is 461 g/mol. The van der Waals surface area contributed by atoms with E-state index < -0.39 is 10.1 Å². The molecule has 0 unspecified atom stereocenters. The Morgan fingerprint density at radius 2 is 1.16 bits per heavy atom. The molecule has 2 aromatic carbocycles. The number of hydrogen-bond acceptors (Lipinski definition) is 3. The fourth-order valence-corrected chi connectivity index (χ4v) is 5.48. The van der Waals surface area contributed by atoms with Crippen LogP contribution < -0.4 is 0 Å². The van der Waals surface area contributed by atoms with Gasteiger partial charge in [-0.3, -0.25) is 4.18 Å². The summed E-state index contributed by atoms with van der Waals surface area (Å²) in [6.07, 6.45) is 17.9. The van der Waals surface area contributed by atoms with Gasteiger partial charge in [0.25, 0.3) is 10.1 Å². The summed E-state index contributed by atoms with van der Waals surface area (Å²) in [6, 6.07) is 11.6. The summed E-state index contributed by atoms with van der Waals surface area (Å²) in [5.74, 6) is 0. The van der Waals surface area contributed by atoms with E-state index in [9.17, 15) is 8.42 Å². The molecule has 0 saturated heterocycles. The van der Waals surface area contributed by atoms with Gasteiger partial charge in [0, 0.05) is 5.39 Å². The lowest BCUT2D eigenvalue weighted by atomic mass is 9.99. The fraction of sp³-hybridized carbons (Fsp3) is 0.643. The van der Waals surface area contributed by atoms with E-state index in [4.69, 9.17) is 4.18 Å². The molecule has 0 N–H and O–H groups in total. The fourth-order valence-electron chi connectivity index (χ4n) is 4.33. The molecule has 0 atom stereocenters. The molecule has 0 fully saturated rings. The van der Waals surface area contributed by atoms with Crippen LogP contribution in [0.2, 0.25) is 0 Å². The molecule has 0 radical (unpaired) electrons. The van der Waals surface area contributed by atoms with Gasteiger partial charge in [0.05, 0.1) is 6.61 Å². The molecule has 2 rings (SSSR count). The van der Waals surface area contributed by atoms with Crippen LogP contribution in [-0.4, -0.2) is 15.0 Å². The Labute approximate surface area is 197 Å². The Bertz CT molecular complexity index is 873. The quantitative estimate of drug-likeness (QED) is 0.165. The second-order valence-corrected chi connectivity index (χ2v) is 10.6. The Morgan fingerprint density at radius 3 is 1.78 bits per heavy atom. The predicted octanol–water partition coefficient (Wildman–Crippen LogP) is 8.59. The molecule has 0 bridgehead atoms. The van der Waals surface area contributed by atoms with Gasteiger partial charge in [0.15, 0.2) is 0 Å². The highest BCUT2D eigenvalue weighted by Crippen LogP contribution is 2.29. The maximum Gasteiger partial charge on any atom is 0.297 e. The van der Waals surface area contributed by atoms with E-state index in [1.807, 2.05) is 30.3 Å². The van der Waals surface area contributed by atoms with Gasteiger partial charge in [-0.2, -0.15) is 8.42 Å². The summed E-state index contributed by atoms with van der Waals surface area (Å²) in [7, 11) is -3.74. The van der Waals surface area contributed by atoms with Gasteiger partial charge in [-0.25, -0.2) is 0 Å². The van der Waals surface area contributed by atoms with Crippen LogP contribution in [0.3, 0.4) is 0 Å². The van der Waals surface area contributed by atoms with Crippen LogP contribution in [0.5, 0.6) is 0 Å². The van der Waals surface area contributed by atoms with Gasteiger partial charge in [-0.1, -0.05) is 121 Å². The van der Waals surface area contributed by atoms with E-state index in [1.54, 1.807) is 6.07 Å². The number of hydrogen-bond donors (Lipinski definition) is 0. The van der Waals surface area contributed by atoms with Crippen LogP contribution in [0, 0.1) is 0 Å². The summed E-state index contributed by atoms with van der Waals surface area (Å²) in [4.78, 5) is 0.305. The number of benzene rings is 2. The average Bonchev–Trinajstić information content (AvgIpc) is 2.80. The molecular weight excluding hydrogens is 416 g/mol. The van der Waals surface area contributed by atoms with Crippen molar-refractivity contribution in [2.24, 2.45) is 0 Å². The maximum absolute atomic E-state index is 12.9. The van der Waals surface area contributed by atoms with Crippen LogP contribution in [0.15, 0.2) is 41.3 Å². The highest BCUT2D eigenvalue weighted by atomic mass is 32.2. The molecule has 3 nitrogen and oxygen atoms in total. The van der Waals surface area contributed by atoms with E-state index in [-0.39, 0.29) is 6.61 Å². The van der Waals surface area contributed by atoms with Gasteiger partial charge >= 0.3 is 0 Å². The van der Waals surface area contributed by atoms with Crippen LogP contribution >= 0.6 is 0 Å². The van der Waals surface area contributed by atoms with Crippen molar-refractivity contribution in [2.75, 3.05) is 6.61 Å². The summed E-state index contributed by atoms with van der Waals surface area (Å²) < 4.78 is 31.2. The lowest BCUT2D eigenvalue weighted by Crippen LogP contribution is -2.09. The van der Waals surface area contributed by atoms with Gasteiger partial charge in [-0.15, -0.1) is 0 Å². The van der Waals surface area contributed by atoms with Gasteiger partial charge < -0.3 is 0 Å². The Kier molecular flexibility index (Phi) is 13.0. The molecule has 0 aliphatic rings. The number of unbranched alkanes of at least 4 members (excludes halogenated alkanes) is 12. The zero-order valence-corrected chi connectivity index (χ0v) is 21.2. The Hall–Kier alpha value is -1.39. The Balaban J connectivity index is 1.91. The smallest absolute Gasteiger partial charge is 0.266 e. The van der Waals surface area contributed by atoms with E-state index in [0.717, 1.165) is 42.9 Å². The standard InChI is InChI=1S/C28H44O3S/c1-3-5-7-9-11-13-15-19-25-22-23-28(27-21-17-16-20-26(25)27)32(29,30)31-24-18-14-12-10-8-6-4-2/h16-17,20-23H,3-15,18-19,24H2,1-2H3. The van der Waals surface area contributed by atoms with E-state index in [0.29, 0.717) is 4.90 Å². The molecule has 0 heterocycles. The van der Waals surface area contributed by atoms with Crippen LogP contribution in [0.25, 0.3) is 10.8 Å². The molecule has 0 aromatic heterocycles. The summed E-state index contributed by atoms with van der Waals surface area (Å²) >= 11 is 0. The van der Waals surface area contributed by atoms with Crippen molar-refractivity contribution in [1.82, 2.24) is 0 Å². The molecule has 32 heavy (non-hydrogen) atoms. The minimum Gasteiger partial charge on any atom is -0.266 e. The highest BCUT2D eigenvalue weighted by molar-refractivity contribution is 7.87. The van der Waals surface area contributed by atoms with Crippen LogP contribution in [0.4, 0.5) is 0 Å². The maximum atomic E-state index is 12.9. The van der Waals surface area contributed by atoms with Crippen molar-refractivity contribution < 1.29 is 12.6 Å². The largest absolute Gasteiger partial charge is 0.297 e. The first-order chi connectivity index (χ1) is 15.6. The van der Waals surface area contributed by atoms with Crippen molar-refractivity contribution in [3.63, 3.8) is 0 Å². The van der Waals surface area contributed by atoms with Gasteiger partial charge in [0.1, 0.15) is 4.90 Å². The monoisotopic (exact) mass is 460 g/mol. The first kappa shape index (κ1) is 26.9. The summed E-state index contributed by atoms with van der Waals surface area (Å²) in [5.41, 5.74) is 1.24. The zero-order valence-electron chi connectivity index (χ0n) is 20.4. The summed E-state index contributed by atoms with van der Waals surface area (Å²) in [6.45, 7) is 4.73. The molecule has 4 heteroatoms. The molecular formula is C28H44O3S. The van der Waals surface area contributed by atoms with Crippen molar-refractivity contribution in [3.8, 4) is 0 Å². The molecule has 0 spiro atoms. The second-order valence-electron chi connectivity index (χ2n) is 9.04. The molecule has 0 aliphatic carbocycles. The van der Waals surface area contributed by atoms with Crippen LogP contribution in [0.1, 0.15) is 109 Å². The molecule has 180 valence electrons. The third-order valence-corrected chi connectivity index (χ3v) is 7.65. The first-order valence-corrected chi connectivity index (χ1v) is 14.4. The van der Waals surface area contributed by atoms with E-state index in [2.05, 4.69) is 13.8 Å². The zero-order chi connectivity index (χ0) is 23.1. The lowest BCUT2D eigenvalue weighted by Gasteiger charge is -2.12. The van der Waals surface area contributed by atoms with E-state index in [1.165, 1.54) is 69.8 Å². The van der Waals surface area contributed by atoms with Crippen molar-refractivity contribution >= 4 is 20.9 Å². The number of aryl methyl sites for hydroxylation is 1. The molecule has 2 aromatic rings. The van der Waals surface area contributed by atoms with Gasteiger partial charge in [-0.05, 0) is 36.3 Å². The number of fused-ring (bicyclic) bond motifs is 1. The minimum atomic E-state index is -3.74.